The van der Waals surface area contributed by atoms with Crippen LogP contribution in [-0.2, 0) is 4.43 Å². The number of nitrogens with zero attached hydrogens (tertiary/aromatic N) is 2. The molecular formula is C15H36N2OSi2. The molecule has 1 aliphatic rings. The molecule has 1 fully saturated rings. The average molecular weight is 317 g/mol. The lowest BCUT2D eigenvalue weighted by molar-refractivity contribution is 0.137. The van der Waals surface area contributed by atoms with E-state index in [0.717, 1.165) is 0 Å². The van der Waals surface area contributed by atoms with Gasteiger partial charge in [-0.15, -0.1) is 0 Å². The molecule has 3 nitrogen and oxygen atoms in total. The van der Waals surface area contributed by atoms with Crippen LogP contribution in [0, 0.1) is 0 Å². The summed E-state index contributed by atoms with van der Waals surface area (Å²) in [6.07, 6.45) is 2.71. The van der Waals surface area contributed by atoms with Gasteiger partial charge in [0, 0.05) is 31.8 Å². The van der Waals surface area contributed by atoms with E-state index in [1.807, 2.05) is 0 Å². The molecule has 0 radical (unpaired) electrons. The van der Waals surface area contributed by atoms with Crippen molar-refractivity contribution in [1.82, 2.24) is 9.47 Å². The Morgan fingerprint density at radius 2 is 1.60 bits per heavy atom. The maximum absolute atomic E-state index is 5.90. The molecule has 1 rings (SSSR count). The third-order valence-electron chi connectivity index (χ3n) is 3.97. The largest absolute Gasteiger partial charge is 0.419 e. The Hall–Kier alpha value is 0.314. The Bertz CT molecular complexity index is 266. The summed E-state index contributed by atoms with van der Waals surface area (Å²) in [7, 11) is -1.35. The van der Waals surface area contributed by atoms with Gasteiger partial charge in [-0.1, -0.05) is 26.1 Å². The molecule has 5 heteroatoms. The van der Waals surface area contributed by atoms with Gasteiger partial charge in [0.25, 0.3) is 0 Å². The lowest BCUT2D eigenvalue weighted by Crippen LogP contribution is -2.56. The van der Waals surface area contributed by atoms with E-state index in [-0.39, 0.29) is 15.4 Å². The van der Waals surface area contributed by atoms with Crippen molar-refractivity contribution in [3.8, 4) is 0 Å². The van der Waals surface area contributed by atoms with Gasteiger partial charge in [0.15, 0.2) is 9.76 Å². The summed E-state index contributed by atoms with van der Waals surface area (Å²) in [6.45, 7) is 20.3. The number of piperazine rings is 1. The van der Waals surface area contributed by atoms with E-state index >= 15 is 0 Å². The summed E-state index contributed by atoms with van der Waals surface area (Å²) in [6, 6.07) is 1.34. The van der Waals surface area contributed by atoms with Crippen molar-refractivity contribution in [3.63, 3.8) is 0 Å². The van der Waals surface area contributed by atoms with Crippen molar-refractivity contribution in [2.24, 2.45) is 0 Å². The van der Waals surface area contributed by atoms with Gasteiger partial charge in [0.05, 0.1) is 0 Å². The minimum atomic E-state index is -1.06. The molecule has 0 aromatic rings. The van der Waals surface area contributed by atoms with Crippen molar-refractivity contribution < 1.29 is 4.43 Å². The SMILES string of the molecule is CC(C)(C)O[SiH2]CCCCN1CCN([Si](C)(C)C)CC1. The van der Waals surface area contributed by atoms with Gasteiger partial charge in [-0.05, 0) is 39.8 Å². The van der Waals surface area contributed by atoms with Crippen molar-refractivity contribution >= 4 is 18.0 Å². The lowest BCUT2D eigenvalue weighted by atomic mass is 10.2. The zero-order valence-electron chi connectivity index (χ0n) is 14.7. The Balaban J connectivity index is 2.02. The summed E-state index contributed by atoms with van der Waals surface area (Å²) in [4.78, 5) is 2.66. The molecule has 1 heterocycles. The van der Waals surface area contributed by atoms with Gasteiger partial charge < -0.3 is 13.9 Å². The zero-order valence-corrected chi connectivity index (χ0v) is 17.1. The summed E-state index contributed by atoms with van der Waals surface area (Å²) >= 11 is 0. The molecular weight excluding hydrogens is 280 g/mol. The fraction of sp³-hybridized carbons (Fsp3) is 1.00. The van der Waals surface area contributed by atoms with E-state index in [1.54, 1.807) is 0 Å². The quantitative estimate of drug-likeness (QED) is 0.530. The maximum Gasteiger partial charge on any atom is 0.162 e. The van der Waals surface area contributed by atoms with Gasteiger partial charge >= 0.3 is 0 Å². The van der Waals surface area contributed by atoms with Gasteiger partial charge in [0.2, 0.25) is 0 Å². The smallest absolute Gasteiger partial charge is 0.162 e. The molecule has 0 bridgehead atoms. The van der Waals surface area contributed by atoms with E-state index < -0.39 is 8.24 Å². The molecule has 0 aromatic heterocycles. The highest BCUT2D eigenvalue weighted by atomic mass is 28.3. The average Bonchev–Trinajstić information content (AvgIpc) is 2.32. The molecule has 0 saturated carbocycles. The van der Waals surface area contributed by atoms with Crippen LogP contribution in [0.2, 0.25) is 25.7 Å². The van der Waals surface area contributed by atoms with Crippen LogP contribution >= 0.6 is 0 Å². The number of hydrogen-bond donors (Lipinski definition) is 0. The molecule has 0 unspecified atom stereocenters. The molecule has 0 aromatic carbocycles. The molecule has 0 aliphatic carbocycles. The highest BCUT2D eigenvalue weighted by molar-refractivity contribution is 6.73. The molecule has 0 amide bonds. The summed E-state index contributed by atoms with van der Waals surface area (Å²) in [5.41, 5.74) is 0.0827. The highest BCUT2D eigenvalue weighted by Crippen LogP contribution is 2.13. The van der Waals surface area contributed by atoms with E-state index in [1.165, 1.54) is 51.6 Å². The first-order valence-corrected chi connectivity index (χ1v) is 13.3. The number of unbranched alkanes of at least 4 members (excludes halogenated alkanes) is 1. The fourth-order valence-corrected chi connectivity index (χ4v) is 5.49. The minimum absolute atomic E-state index is 0.0827. The second kappa shape index (κ2) is 8.08. The molecule has 0 atom stereocenters. The van der Waals surface area contributed by atoms with Crippen LogP contribution in [0.5, 0.6) is 0 Å². The Morgan fingerprint density at radius 3 is 2.10 bits per heavy atom. The molecule has 1 aliphatic heterocycles. The van der Waals surface area contributed by atoms with Crippen LogP contribution < -0.4 is 0 Å². The Morgan fingerprint density at radius 1 is 1.00 bits per heavy atom. The second-order valence-corrected chi connectivity index (χ2v) is 14.4. The normalized spacial score (nSPS) is 20.1. The summed E-state index contributed by atoms with van der Waals surface area (Å²) < 4.78 is 8.64. The van der Waals surface area contributed by atoms with Crippen molar-refractivity contribution in [2.45, 2.75) is 64.9 Å². The maximum atomic E-state index is 5.90. The van der Waals surface area contributed by atoms with E-state index in [9.17, 15) is 0 Å². The molecule has 20 heavy (non-hydrogen) atoms. The van der Waals surface area contributed by atoms with Crippen LogP contribution in [0.15, 0.2) is 0 Å². The van der Waals surface area contributed by atoms with Crippen LogP contribution in [-0.4, -0.2) is 65.8 Å². The van der Waals surface area contributed by atoms with Crippen LogP contribution in [0.4, 0.5) is 0 Å². The molecule has 0 N–H and O–H groups in total. The zero-order chi connectivity index (χ0) is 15.2. The predicted octanol–water partition coefficient (Wildman–Crippen LogP) is 2.54. The topological polar surface area (TPSA) is 15.7 Å². The molecule has 1 saturated heterocycles. The van der Waals surface area contributed by atoms with E-state index in [4.69, 9.17) is 4.43 Å². The van der Waals surface area contributed by atoms with Crippen molar-refractivity contribution in [2.75, 3.05) is 32.7 Å². The van der Waals surface area contributed by atoms with Gasteiger partial charge in [-0.2, -0.15) is 0 Å². The van der Waals surface area contributed by atoms with Gasteiger partial charge in [-0.25, -0.2) is 0 Å². The second-order valence-electron chi connectivity index (χ2n) is 8.02. The minimum Gasteiger partial charge on any atom is -0.419 e. The predicted molar refractivity (Wildman–Crippen MR) is 94.8 cm³/mol. The standard InChI is InChI=1S/C15H36N2OSi2/c1-15(2,3)18-19-14-8-7-9-16-10-12-17(13-11-16)20(4,5)6/h7-14,19H2,1-6H3. The number of hydrogen-bond acceptors (Lipinski definition) is 3. The summed E-state index contributed by atoms with van der Waals surface area (Å²) in [5.74, 6) is 0. The van der Waals surface area contributed by atoms with Crippen molar-refractivity contribution in [1.29, 1.82) is 0 Å². The van der Waals surface area contributed by atoms with E-state index in [2.05, 4.69) is 49.9 Å². The summed E-state index contributed by atoms with van der Waals surface area (Å²) in [5, 5.41) is 0. The van der Waals surface area contributed by atoms with E-state index in [0.29, 0.717) is 0 Å². The van der Waals surface area contributed by atoms with Crippen molar-refractivity contribution in [3.05, 3.63) is 0 Å². The lowest BCUT2D eigenvalue weighted by Gasteiger charge is -2.41. The van der Waals surface area contributed by atoms with Crippen LogP contribution in [0.1, 0.15) is 33.6 Å². The number of rotatable bonds is 7. The van der Waals surface area contributed by atoms with Crippen LogP contribution in [0.3, 0.4) is 0 Å². The highest BCUT2D eigenvalue weighted by Gasteiger charge is 2.27. The molecule has 0 spiro atoms. The Labute approximate surface area is 130 Å². The third-order valence-corrected chi connectivity index (χ3v) is 8.18. The Kier molecular flexibility index (Phi) is 7.42. The third kappa shape index (κ3) is 7.93. The monoisotopic (exact) mass is 316 g/mol. The first kappa shape index (κ1) is 18.4. The van der Waals surface area contributed by atoms with Gasteiger partial charge in [0.1, 0.15) is 8.24 Å². The molecule has 120 valence electrons. The van der Waals surface area contributed by atoms with Gasteiger partial charge in [-0.3, -0.25) is 0 Å². The first-order valence-electron chi connectivity index (χ1n) is 8.30. The fourth-order valence-electron chi connectivity index (χ4n) is 2.63. The van der Waals surface area contributed by atoms with Crippen LogP contribution in [0.25, 0.3) is 0 Å². The first-order chi connectivity index (χ1) is 9.18.